The van der Waals surface area contributed by atoms with E-state index in [0.29, 0.717) is 6.92 Å². The highest BCUT2D eigenvalue weighted by Gasteiger charge is 2.47. The highest BCUT2D eigenvalue weighted by atomic mass is 32.2. The van der Waals surface area contributed by atoms with Crippen LogP contribution in [0.1, 0.15) is 54.9 Å². The Morgan fingerprint density at radius 3 is 2.55 bits per heavy atom. The summed E-state index contributed by atoms with van der Waals surface area (Å²) in [6, 6.07) is 1.90. The van der Waals surface area contributed by atoms with Crippen molar-refractivity contribution in [3.8, 4) is 0 Å². The number of carbonyl (C=O) groups is 1. The van der Waals surface area contributed by atoms with Crippen molar-refractivity contribution < 1.29 is 35.5 Å². The molecular weight excluding hydrogens is 470 g/mol. The van der Waals surface area contributed by atoms with Gasteiger partial charge < -0.3 is 10.5 Å². The van der Waals surface area contributed by atoms with Gasteiger partial charge in [-0.1, -0.05) is 6.92 Å². The lowest BCUT2D eigenvalue weighted by Crippen LogP contribution is -2.36. The van der Waals surface area contributed by atoms with E-state index in [1.54, 1.807) is 6.92 Å². The number of nitrogens with two attached hydrogens (primary N) is 1. The first-order valence-corrected chi connectivity index (χ1v) is 11.4. The van der Waals surface area contributed by atoms with Gasteiger partial charge in [0, 0.05) is 44.0 Å². The predicted molar refractivity (Wildman–Crippen MR) is 108 cm³/mol. The number of anilines is 1. The van der Waals surface area contributed by atoms with Crippen molar-refractivity contribution in [1.82, 2.24) is 9.78 Å². The van der Waals surface area contributed by atoms with Crippen molar-refractivity contribution >= 4 is 21.6 Å². The lowest BCUT2D eigenvalue weighted by molar-refractivity contribution is -0.646. The summed E-state index contributed by atoms with van der Waals surface area (Å²) in [5.74, 6) is -7.25. The molecule has 0 aliphatic heterocycles. The summed E-state index contributed by atoms with van der Waals surface area (Å²) >= 11 is 0. The fourth-order valence-electron chi connectivity index (χ4n) is 4.09. The Morgan fingerprint density at radius 1 is 1.39 bits per heavy atom. The second-order valence-electron chi connectivity index (χ2n) is 8.79. The molecule has 14 heteroatoms. The Labute approximate surface area is 187 Å². The van der Waals surface area contributed by atoms with Crippen LogP contribution in [-0.2, 0) is 22.5 Å². The van der Waals surface area contributed by atoms with Crippen LogP contribution in [0.15, 0.2) is 23.4 Å². The molecule has 2 aromatic heterocycles. The van der Waals surface area contributed by atoms with Gasteiger partial charge >= 0.3 is 5.03 Å². The second-order valence-corrected chi connectivity index (χ2v) is 10.3. The van der Waals surface area contributed by atoms with Crippen molar-refractivity contribution in [2.24, 2.45) is 10.6 Å². The summed E-state index contributed by atoms with van der Waals surface area (Å²) < 4.78 is 79.9. The third-order valence-electron chi connectivity index (χ3n) is 5.57. The van der Waals surface area contributed by atoms with Crippen LogP contribution >= 0.6 is 0 Å². The zero-order chi connectivity index (χ0) is 25.0. The smallest absolute Gasteiger partial charge is 0.325 e. The van der Waals surface area contributed by atoms with Gasteiger partial charge in [-0.3, -0.25) is 9.48 Å². The highest BCUT2D eigenvalue weighted by Crippen LogP contribution is 2.48. The molecule has 1 saturated carbocycles. The van der Waals surface area contributed by atoms with Crippen molar-refractivity contribution in [3.63, 3.8) is 0 Å². The van der Waals surface area contributed by atoms with Crippen LogP contribution < -0.4 is 15.2 Å². The maximum Gasteiger partial charge on any atom is 0.325 e. The number of pyridine rings is 1. The number of alkyl halides is 4. The molecule has 1 aliphatic carbocycles. The standard InChI is InChI=1S/C19H23F4N5O4S/c1-11-14(16(29)25-12-4-7-28(30)13(8-12)33(24,31)32)27(26-15(11)18(3,20)21)10-17(2)5-6-19(22,23)9-17/h4,7-8H,5-6,9-10H2,1-3H3,(H,25,29)(H2,24,31,32). The molecule has 2 aromatic rings. The Balaban J connectivity index is 2.01. The van der Waals surface area contributed by atoms with Crippen LogP contribution in [0, 0.1) is 17.5 Å². The Morgan fingerprint density at radius 2 is 2.03 bits per heavy atom. The molecule has 0 radical (unpaired) electrons. The van der Waals surface area contributed by atoms with Crippen molar-refractivity contribution in [2.45, 2.75) is 63.4 Å². The van der Waals surface area contributed by atoms with Gasteiger partial charge in [0.15, 0.2) is 6.20 Å². The number of hydrogen-bond acceptors (Lipinski definition) is 5. The normalized spacial score (nSPS) is 20.7. The molecule has 1 atom stereocenters. The average Bonchev–Trinajstić information content (AvgIpc) is 3.10. The molecule has 9 nitrogen and oxygen atoms in total. The fraction of sp³-hybridized carbons (Fsp3) is 0.526. The molecule has 0 spiro atoms. The SMILES string of the molecule is Cc1c(C(C)(F)F)nn(CC2(C)CCC(F)(F)C2)c1C(=O)Nc1cc[n+]([O-])c(S(N)(=O)=O)c1. The number of rotatable bonds is 6. The van der Waals surface area contributed by atoms with Crippen LogP contribution in [0.25, 0.3) is 0 Å². The summed E-state index contributed by atoms with van der Waals surface area (Å²) in [4.78, 5) is 13.0. The van der Waals surface area contributed by atoms with Gasteiger partial charge in [0.2, 0.25) is 5.92 Å². The lowest BCUT2D eigenvalue weighted by atomic mass is 9.88. The van der Waals surface area contributed by atoms with E-state index in [2.05, 4.69) is 10.4 Å². The van der Waals surface area contributed by atoms with Crippen molar-refractivity contribution in [1.29, 1.82) is 0 Å². The van der Waals surface area contributed by atoms with Gasteiger partial charge in [0.25, 0.3) is 21.9 Å². The van der Waals surface area contributed by atoms with Crippen molar-refractivity contribution in [2.75, 3.05) is 5.32 Å². The molecule has 1 fully saturated rings. The Kier molecular flexibility index (Phi) is 5.99. The van der Waals surface area contributed by atoms with Gasteiger partial charge in [-0.2, -0.15) is 18.6 Å². The Hall–Kier alpha value is -2.74. The van der Waals surface area contributed by atoms with Gasteiger partial charge in [-0.05, 0) is 18.8 Å². The van der Waals surface area contributed by atoms with E-state index in [0.717, 1.165) is 23.0 Å². The minimum atomic E-state index is -4.41. The van der Waals surface area contributed by atoms with Crippen LogP contribution in [-0.4, -0.2) is 30.0 Å². The van der Waals surface area contributed by atoms with E-state index in [4.69, 9.17) is 5.14 Å². The number of primary sulfonamides is 1. The minimum Gasteiger partial charge on any atom is -0.618 e. The second kappa shape index (κ2) is 7.94. The largest absolute Gasteiger partial charge is 0.618 e. The fourth-order valence-corrected chi connectivity index (χ4v) is 4.70. The maximum absolute atomic E-state index is 14.1. The minimum absolute atomic E-state index is 0.0165. The molecule has 1 unspecified atom stereocenters. The Bertz CT molecular complexity index is 1210. The highest BCUT2D eigenvalue weighted by molar-refractivity contribution is 7.89. The number of amides is 1. The third kappa shape index (κ3) is 5.27. The molecule has 0 bridgehead atoms. The first-order valence-electron chi connectivity index (χ1n) is 9.83. The summed E-state index contributed by atoms with van der Waals surface area (Å²) in [6.45, 7) is 3.21. The first kappa shape index (κ1) is 24.9. The van der Waals surface area contributed by atoms with Crippen molar-refractivity contribution in [3.05, 3.63) is 40.5 Å². The zero-order valence-electron chi connectivity index (χ0n) is 18.0. The molecule has 33 heavy (non-hydrogen) atoms. The monoisotopic (exact) mass is 493 g/mol. The molecule has 0 saturated heterocycles. The van der Waals surface area contributed by atoms with Gasteiger partial charge in [0.05, 0.1) is 5.69 Å². The van der Waals surface area contributed by atoms with E-state index >= 15 is 0 Å². The zero-order valence-corrected chi connectivity index (χ0v) is 18.8. The van der Waals surface area contributed by atoms with E-state index in [1.165, 1.54) is 6.92 Å². The van der Waals surface area contributed by atoms with E-state index in [9.17, 15) is 36.0 Å². The summed E-state index contributed by atoms with van der Waals surface area (Å²) in [5.41, 5.74) is -2.27. The average molecular weight is 493 g/mol. The molecular formula is C19H23F4N5O4S. The molecule has 182 valence electrons. The summed E-state index contributed by atoms with van der Waals surface area (Å²) in [5, 5.41) is 22.0. The number of aromatic nitrogens is 3. The van der Waals surface area contributed by atoms with Crippen LogP contribution in [0.2, 0.25) is 0 Å². The number of sulfonamides is 1. The number of halogens is 4. The van der Waals surface area contributed by atoms with Gasteiger partial charge in [-0.15, -0.1) is 0 Å². The van der Waals surface area contributed by atoms with E-state index < -0.39 is 50.3 Å². The predicted octanol–water partition coefficient (Wildman–Crippen LogP) is 2.66. The molecule has 2 heterocycles. The molecule has 3 N–H and O–H groups in total. The van der Waals surface area contributed by atoms with E-state index in [-0.39, 0.29) is 41.1 Å². The number of hydrogen-bond donors (Lipinski definition) is 2. The number of nitrogens with zero attached hydrogens (tertiary/aromatic N) is 3. The van der Waals surface area contributed by atoms with Crippen LogP contribution in [0.4, 0.5) is 23.2 Å². The van der Waals surface area contributed by atoms with Gasteiger partial charge in [0.1, 0.15) is 11.4 Å². The van der Waals surface area contributed by atoms with E-state index in [1.807, 2.05) is 0 Å². The maximum atomic E-state index is 14.1. The van der Waals surface area contributed by atoms with Gasteiger partial charge in [-0.25, -0.2) is 22.3 Å². The third-order valence-corrected chi connectivity index (χ3v) is 6.45. The number of nitrogens with one attached hydrogen (secondary N) is 1. The lowest BCUT2D eigenvalue weighted by Gasteiger charge is -2.24. The summed E-state index contributed by atoms with van der Waals surface area (Å²) in [7, 11) is -4.41. The molecule has 1 amide bonds. The van der Waals surface area contributed by atoms with Crippen LogP contribution in [0.5, 0.6) is 0 Å². The molecule has 3 rings (SSSR count). The quantitative estimate of drug-likeness (QED) is 0.363. The molecule has 1 aliphatic rings. The first-order chi connectivity index (χ1) is 14.9. The summed E-state index contributed by atoms with van der Waals surface area (Å²) in [6.07, 6.45) is 0.0554. The van der Waals surface area contributed by atoms with Crippen LogP contribution in [0.3, 0.4) is 0 Å². The topological polar surface area (TPSA) is 134 Å². The molecule has 0 aromatic carbocycles. The number of carbonyl (C=O) groups excluding carboxylic acids is 1.